The molecule has 0 unspecified atom stereocenters. The number of nitrogens with zero attached hydrogens (tertiary/aromatic N) is 2. The molecular formula is C8H11N4+. The van der Waals surface area contributed by atoms with Crippen LogP contribution in [-0.2, 0) is 6.54 Å². The molecule has 0 amide bonds. The first-order valence-electron chi connectivity index (χ1n) is 3.88. The van der Waals surface area contributed by atoms with Crippen molar-refractivity contribution in [2.75, 3.05) is 0 Å². The Labute approximate surface area is 70.2 Å². The monoisotopic (exact) mass is 163 g/mol. The quantitative estimate of drug-likeness (QED) is 0.618. The second kappa shape index (κ2) is 2.81. The largest absolute Gasteiger partial charge is 0.276 e. The summed E-state index contributed by atoms with van der Waals surface area (Å²) in [6.07, 6.45) is 3.77. The Hall–Kier alpha value is -1.58. The van der Waals surface area contributed by atoms with Crippen LogP contribution in [0.5, 0.6) is 0 Å². The van der Waals surface area contributed by atoms with Crippen LogP contribution in [0.4, 0.5) is 0 Å². The minimum absolute atomic E-state index is 0.813. The molecule has 2 aromatic heterocycles. The van der Waals surface area contributed by atoms with Gasteiger partial charge in [-0.05, 0) is 13.0 Å². The molecule has 0 aliphatic rings. The maximum atomic E-state index is 3.87. The van der Waals surface area contributed by atoms with Gasteiger partial charge < -0.3 is 0 Å². The predicted octanol–water partition coefficient (Wildman–Crippen LogP) is 0.382. The van der Waals surface area contributed by atoms with E-state index in [0.29, 0.717) is 0 Å². The molecule has 2 aromatic rings. The van der Waals surface area contributed by atoms with E-state index in [1.54, 1.807) is 6.20 Å². The third kappa shape index (κ3) is 1.37. The van der Waals surface area contributed by atoms with E-state index in [2.05, 4.69) is 15.3 Å². The van der Waals surface area contributed by atoms with Gasteiger partial charge in [0.15, 0.2) is 6.20 Å². The summed E-state index contributed by atoms with van der Waals surface area (Å²) in [5, 5.41) is 9.96. The number of aryl methyl sites for hydroxylation is 1. The highest BCUT2D eigenvalue weighted by atomic mass is 15.3. The van der Waals surface area contributed by atoms with Crippen LogP contribution in [0.3, 0.4) is 0 Å². The summed E-state index contributed by atoms with van der Waals surface area (Å²) in [6, 6.07) is 4.00. The maximum Gasteiger partial charge on any atom is 0.213 e. The third-order valence-corrected chi connectivity index (χ3v) is 1.72. The Morgan fingerprint density at radius 2 is 2.42 bits per heavy atom. The fraction of sp³-hybridized carbons (Fsp3) is 0.250. The maximum absolute atomic E-state index is 3.87. The van der Waals surface area contributed by atoms with E-state index in [9.17, 15) is 0 Å². The van der Waals surface area contributed by atoms with Crippen LogP contribution in [0.2, 0.25) is 0 Å². The van der Waals surface area contributed by atoms with Gasteiger partial charge in [-0.15, -0.1) is 4.68 Å². The highest BCUT2D eigenvalue weighted by Crippen LogP contribution is 1.90. The fourth-order valence-electron chi connectivity index (χ4n) is 1.15. The van der Waals surface area contributed by atoms with Crippen LogP contribution in [0, 0.1) is 6.92 Å². The van der Waals surface area contributed by atoms with Crippen molar-refractivity contribution in [3.8, 4) is 0 Å². The Bertz CT molecular complexity index is 347. The van der Waals surface area contributed by atoms with E-state index >= 15 is 0 Å². The molecule has 12 heavy (non-hydrogen) atoms. The van der Waals surface area contributed by atoms with Crippen LogP contribution in [0.1, 0.15) is 11.4 Å². The Balaban J connectivity index is 2.14. The molecule has 0 fully saturated rings. The second-order valence-electron chi connectivity index (χ2n) is 2.82. The molecule has 2 N–H and O–H groups in total. The average molecular weight is 163 g/mol. The lowest BCUT2D eigenvalue weighted by molar-refractivity contribution is -0.743. The first kappa shape index (κ1) is 7.09. The zero-order valence-electron chi connectivity index (χ0n) is 6.91. The molecule has 0 aliphatic carbocycles. The van der Waals surface area contributed by atoms with Crippen molar-refractivity contribution in [3.05, 3.63) is 35.9 Å². The molecule has 0 atom stereocenters. The number of H-pyrrole nitrogens is 2. The molecule has 0 saturated heterocycles. The van der Waals surface area contributed by atoms with Gasteiger partial charge in [0.2, 0.25) is 6.54 Å². The summed E-state index contributed by atoms with van der Waals surface area (Å²) in [5.41, 5.74) is 2.26. The molecule has 4 nitrogen and oxygen atoms in total. The predicted molar refractivity (Wildman–Crippen MR) is 43.4 cm³/mol. The first-order chi connectivity index (χ1) is 5.84. The number of aromatic amines is 2. The highest BCUT2D eigenvalue weighted by molar-refractivity contribution is 4.95. The van der Waals surface area contributed by atoms with E-state index < -0.39 is 0 Å². The van der Waals surface area contributed by atoms with E-state index in [1.807, 2.05) is 29.9 Å². The summed E-state index contributed by atoms with van der Waals surface area (Å²) in [4.78, 5) is 0. The van der Waals surface area contributed by atoms with Crippen LogP contribution >= 0.6 is 0 Å². The van der Waals surface area contributed by atoms with Gasteiger partial charge in [-0.3, -0.25) is 5.10 Å². The summed E-state index contributed by atoms with van der Waals surface area (Å²) < 4.78 is 2.00. The van der Waals surface area contributed by atoms with Crippen molar-refractivity contribution in [2.45, 2.75) is 13.5 Å². The van der Waals surface area contributed by atoms with Crippen LogP contribution in [0.15, 0.2) is 24.5 Å². The molecule has 0 aromatic carbocycles. The first-order valence-corrected chi connectivity index (χ1v) is 3.88. The van der Waals surface area contributed by atoms with Gasteiger partial charge in [0.05, 0.1) is 5.69 Å². The van der Waals surface area contributed by atoms with Crippen molar-refractivity contribution >= 4 is 0 Å². The highest BCUT2D eigenvalue weighted by Gasteiger charge is 2.04. The lowest BCUT2D eigenvalue weighted by Crippen LogP contribution is -2.35. The minimum Gasteiger partial charge on any atom is -0.276 e. The van der Waals surface area contributed by atoms with Gasteiger partial charge in [0, 0.05) is 12.3 Å². The standard InChI is InChI=1S/C8H10N4/c1-7-3-5-12(11-7)6-8-2-4-9-10-8/h2-5H,6H2,1H3,(H,9,10)/p+1. The van der Waals surface area contributed by atoms with Crippen molar-refractivity contribution in [2.24, 2.45) is 0 Å². The average Bonchev–Trinajstić information content (AvgIpc) is 2.63. The number of nitrogens with one attached hydrogen (secondary N) is 2. The lowest BCUT2D eigenvalue weighted by Gasteiger charge is -1.87. The molecule has 4 heteroatoms. The number of hydrogen-bond donors (Lipinski definition) is 2. The number of rotatable bonds is 2. The normalized spacial score (nSPS) is 10.4. The summed E-state index contributed by atoms with van der Waals surface area (Å²) in [5.74, 6) is 0. The van der Waals surface area contributed by atoms with E-state index in [0.717, 1.165) is 17.9 Å². The summed E-state index contributed by atoms with van der Waals surface area (Å²) >= 11 is 0. The summed E-state index contributed by atoms with van der Waals surface area (Å²) in [7, 11) is 0. The molecular weight excluding hydrogens is 152 g/mol. The van der Waals surface area contributed by atoms with Gasteiger partial charge in [-0.1, -0.05) is 0 Å². The van der Waals surface area contributed by atoms with Gasteiger partial charge in [-0.25, -0.2) is 0 Å². The molecule has 0 aliphatic heterocycles. The summed E-state index contributed by atoms with van der Waals surface area (Å²) in [6.45, 7) is 2.84. The third-order valence-electron chi connectivity index (χ3n) is 1.72. The molecule has 0 radical (unpaired) electrons. The minimum atomic E-state index is 0.813. The Morgan fingerprint density at radius 3 is 3.00 bits per heavy atom. The number of aromatic nitrogens is 4. The van der Waals surface area contributed by atoms with Crippen molar-refractivity contribution < 1.29 is 4.68 Å². The molecule has 0 saturated carbocycles. The molecule has 0 bridgehead atoms. The Morgan fingerprint density at radius 1 is 1.50 bits per heavy atom. The zero-order valence-corrected chi connectivity index (χ0v) is 6.91. The van der Waals surface area contributed by atoms with Crippen molar-refractivity contribution in [1.29, 1.82) is 0 Å². The van der Waals surface area contributed by atoms with Gasteiger partial charge >= 0.3 is 0 Å². The SMILES string of the molecule is Cc1cc[n+](Cc2ccn[nH]2)[nH]1. The van der Waals surface area contributed by atoms with Crippen molar-refractivity contribution in [1.82, 2.24) is 15.3 Å². The van der Waals surface area contributed by atoms with Crippen molar-refractivity contribution in [3.63, 3.8) is 0 Å². The van der Waals surface area contributed by atoms with Gasteiger partial charge in [-0.2, -0.15) is 10.2 Å². The number of hydrogen-bond acceptors (Lipinski definition) is 1. The molecule has 2 heterocycles. The van der Waals surface area contributed by atoms with Gasteiger partial charge in [0.25, 0.3) is 0 Å². The van der Waals surface area contributed by atoms with E-state index in [4.69, 9.17) is 0 Å². The lowest BCUT2D eigenvalue weighted by atomic mass is 10.4. The fourth-order valence-corrected chi connectivity index (χ4v) is 1.15. The topological polar surface area (TPSA) is 48.4 Å². The Kier molecular flexibility index (Phi) is 1.66. The van der Waals surface area contributed by atoms with Crippen LogP contribution < -0.4 is 4.68 Å². The molecule has 2 rings (SSSR count). The molecule has 0 spiro atoms. The second-order valence-corrected chi connectivity index (χ2v) is 2.82. The van der Waals surface area contributed by atoms with Gasteiger partial charge in [0.1, 0.15) is 5.69 Å². The smallest absolute Gasteiger partial charge is 0.213 e. The molecule has 62 valence electrons. The van der Waals surface area contributed by atoms with E-state index in [1.165, 1.54) is 0 Å². The van der Waals surface area contributed by atoms with E-state index in [-0.39, 0.29) is 0 Å². The zero-order chi connectivity index (χ0) is 8.39. The van der Waals surface area contributed by atoms with Crippen LogP contribution in [0.25, 0.3) is 0 Å². The van der Waals surface area contributed by atoms with Crippen LogP contribution in [-0.4, -0.2) is 15.3 Å².